The van der Waals surface area contributed by atoms with E-state index in [1.165, 1.54) is 27.6 Å². The van der Waals surface area contributed by atoms with Gasteiger partial charge in [0.25, 0.3) is 0 Å². The number of carboxylic acid groups (broad SMARTS) is 1. The van der Waals surface area contributed by atoms with Crippen molar-refractivity contribution in [2.45, 2.75) is 12.6 Å². The minimum atomic E-state index is -1.00. The summed E-state index contributed by atoms with van der Waals surface area (Å²) >= 11 is 1.52. The fourth-order valence-electron chi connectivity index (χ4n) is 2.21. The summed E-state index contributed by atoms with van der Waals surface area (Å²) < 4.78 is 13.6. The molecule has 1 heterocycles. The molecule has 114 valence electrons. The molecule has 1 unspecified atom stereocenters. The average Bonchev–Trinajstić information content (AvgIpc) is 2.48. The summed E-state index contributed by atoms with van der Waals surface area (Å²) in [6.07, 6.45) is 0. The molecule has 1 aromatic carbocycles. The van der Waals surface area contributed by atoms with Crippen molar-refractivity contribution in [1.29, 1.82) is 0 Å². The Bertz CT molecular complexity index is 541. The second kappa shape index (κ2) is 6.80. The maximum atomic E-state index is 13.6. The zero-order valence-corrected chi connectivity index (χ0v) is 12.5. The van der Waals surface area contributed by atoms with Crippen LogP contribution in [0.3, 0.4) is 0 Å². The Morgan fingerprint density at radius 1 is 1.48 bits per heavy atom. The molecule has 1 fully saturated rings. The van der Waals surface area contributed by atoms with E-state index in [-0.39, 0.29) is 18.4 Å². The van der Waals surface area contributed by atoms with Gasteiger partial charge in [-0.15, -0.1) is 0 Å². The van der Waals surface area contributed by atoms with Crippen molar-refractivity contribution in [2.75, 3.05) is 25.1 Å². The third-order valence-electron chi connectivity index (χ3n) is 3.35. The van der Waals surface area contributed by atoms with E-state index in [1.54, 1.807) is 25.2 Å². The molecular formula is C14H17FN2O3S. The molecule has 7 heteroatoms. The highest BCUT2D eigenvalue weighted by Gasteiger charge is 2.33. The molecular weight excluding hydrogens is 295 g/mol. The van der Waals surface area contributed by atoms with Crippen molar-refractivity contribution in [3.8, 4) is 0 Å². The van der Waals surface area contributed by atoms with Gasteiger partial charge < -0.3 is 14.9 Å². The number of carbonyl (C=O) groups excluding carboxylic acids is 1. The Labute approximate surface area is 126 Å². The Morgan fingerprint density at radius 3 is 2.86 bits per heavy atom. The Balaban J connectivity index is 2.07. The summed E-state index contributed by atoms with van der Waals surface area (Å²) in [4.78, 5) is 26.3. The minimum absolute atomic E-state index is 0.113. The first-order chi connectivity index (χ1) is 10.0. The number of nitrogens with zero attached hydrogens (tertiary/aromatic N) is 2. The smallest absolute Gasteiger partial charge is 0.327 e. The topological polar surface area (TPSA) is 60.9 Å². The van der Waals surface area contributed by atoms with Gasteiger partial charge in [-0.3, -0.25) is 0 Å². The highest BCUT2D eigenvalue weighted by atomic mass is 32.2. The van der Waals surface area contributed by atoms with Crippen LogP contribution in [0.5, 0.6) is 0 Å². The molecule has 0 aromatic heterocycles. The molecule has 1 aromatic rings. The standard InChI is InChI=1S/C14H17FN2O3S/c1-16(8-10-4-2-3-5-11(10)15)14(20)17-6-7-21-9-12(17)13(18)19/h2-5,12H,6-9H2,1H3,(H,18,19). The number of carbonyl (C=O) groups is 2. The van der Waals surface area contributed by atoms with Crippen LogP contribution in [0.2, 0.25) is 0 Å². The van der Waals surface area contributed by atoms with Crippen LogP contribution in [0.15, 0.2) is 24.3 Å². The lowest BCUT2D eigenvalue weighted by Gasteiger charge is -2.35. The van der Waals surface area contributed by atoms with Gasteiger partial charge in [0.2, 0.25) is 0 Å². The van der Waals surface area contributed by atoms with Gasteiger partial charge in [0, 0.05) is 37.2 Å². The first-order valence-electron chi connectivity index (χ1n) is 6.56. The van der Waals surface area contributed by atoms with E-state index in [9.17, 15) is 19.1 Å². The Kier molecular flexibility index (Phi) is 5.06. The second-order valence-corrected chi connectivity index (χ2v) is 6.00. The summed E-state index contributed by atoms with van der Waals surface area (Å²) in [6.45, 7) is 0.504. The normalized spacial score (nSPS) is 18.4. The number of urea groups is 1. The fraction of sp³-hybridized carbons (Fsp3) is 0.429. The van der Waals surface area contributed by atoms with E-state index in [1.807, 2.05) is 0 Å². The molecule has 21 heavy (non-hydrogen) atoms. The fourth-order valence-corrected chi connectivity index (χ4v) is 3.24. The molecule has 0 radical (unpaired) electrons. The predicted octanol–water partition coefficient (Wildman–Crippen LogP) is 1.88. The third-order valence-corrected chi connectivity index (χ3v) is 4.37. The summed E-state index contributed by atoms with van der Waals surface area (Å²) in [5.74, 6) is -0.284. The summed E-state index contributed by atoms with van der Waals surface area (Å²) in [6, 6.07) is 5.04. The molecule has 0 bridgehead atoms. The number of thioether (sulfide) groups is 1. The van der Waals surface area contributed by atoms with Gasteiger partial charge in [-0.25, -0.2) is 14.0 Å². The van der Waals surface area contributed by atoms with Crippen LogP contribution >= 0.6 is 11.8 Å². The van der Waals surface area contributed by atoms with E-state index in [0.29, 0.717) is 23.6 Å². The van der Waals surface area contributed by atoms with Crippen LogP contribution in [-0.2, 0) is 11.3 Å². The third kappa shape index (κ3) is 3.66. The van der Waals surface area contributed by atoms with Gasteiger partial charge in [0.05, 0.1) is 0 Å². The first kappa shape index (κ1) is 15.6. The summed E-state index contributed by atoms with van der Waals surface area (Å²) in [7, 11) is 1.55. The number of aliphatic carboxylic acids is 1. The van der Waals surface area contributed by atoms with Crippen LogP contribution in [0.25, 0.3) is 0 Å². The van der Waals surface area contributed by atoms with E-state index in [0.717, 1.165) is 0 Å². The Morgan fingerprint density at radius 2 is 2.19 bits per heavy atom. The van der Waals surface area contributed by atoms with Gasteiger partial charge in [0.1, 0.15) is 11.9 Å². The number of benzene rings is 1. The molecule has 1 atom stereocenters. The van der Waals surface area contributed by atoms with Crippen molar-refractivity contribution >= 4 is 23.8 Å². The molecule has 1 saturated heterocycles. The van der Waals surface area contributed by atoms with Crippen LogP contribution in [-0.4, -0.2) is 58.0 Å². The Hall–Kier alpha value is -1.76. The number of hydrogen-bond donors (Lipinski definition) is 1. The van der Waals surface area contributed by atoms with Crippen molar-refractivity contribution in [3.63, 3.8) is 0 Å². The predicted molar refractivity (Wildman–Crippen MR) is 78.7 cm³/mol. The number of halogens is 1. The lowest BCUT2D eigenvalue weighted by atomic mass is 10.2. The van der Waals surface area contributed by atoms with Gasteiger partial charge in [-0.05, 0) is 6.07 Å². The summed E-state index contributed by atoms with van der Waals surface area (Å²) in [5, 5.41) is 9.19. The number of carboxylic acids is 1. The monoisotopic (exact) mass is 312 g/mol. The highest BCUT2D eigenvalue weighted by molar-refractivity contribution is 7.99. The lowest BCUT2D eigenvalue weighted by molar-refractivity contribution is -0.141. The van der Waals surface area contributed by atoms with Crippen LogP contribution in [0.1, 0.15) is 5.56 Å². The quantitative estimate of drug-likeness (QED) is 0.926. The summed E-state index contributed by atoms with van der Waals surface area (Å²) in [5.41, 5.74) is 0.409. The number of amides is 2. The van der Waals surface area contributed by atoms with Crippen LogP contribution in [0, 0.1) is 5.82 Å². The molecule has 0 aliphatic carbocycles. The van der Waals surface area contributed by atoms with E-state index >= 15 is 0 Å². The number of hydrogen-bond acceptors (Lipinski definition) is 3. The molecule has 1 aliphatic rings. The second-order valence-electron chi connectivity index (χ2n) is 4.85. The van der Waals surface area contributed by atoms with Crippen molar-refractivity contribution in [1.82, 2.24) is 9.80 Å². The van der Waals surface area contributed by atoms with Crippen LogP contribution in [0.4, 0.5) is 9.18 Å². The molecule has 5 nitrogen and oxygen atoms in total. The van der Waals surface area contributed by atoms with Crippen LogP contribution < -0.4 is 0 Å². The zero-order valence-electron chi connectivity index (χ0n) is 11.7. The van der Waals surface area contributed by atoms with E-state index in [4.69, 9.17) is 0 Å². The van der Waals surface area contributed by atoms with Gasteiger partial charge >= 0.3 is 12.0 Å². The van der Waals surface area contributed by atoms with Crippen molar-refractivity contribution in [2.24, 2.45) is 0 Å². The molecule has 0 saturated carbocycles. The minimum Gasteiger partial charge on any atom is -0.480 e. The molecule has 2 rings (SSSR count). The highest BCUT2D eigenvalue weighted by Crippen LogP contribution is 2.19. The van der Waals surface area contributed by atoms with Gasteiger partial charge in [-0.2, -0.15) is 11.8 Å². The van der Waals surface area contributed by atoms with Crippen molar-refractivity contribution in [3.05, 3.63) is 35.6 Å². The SMILES string of the molecule is CN(Cc1ccccc1F)C(=O)N1CCSCC1C(=O)O. The molecule has 1 N–H and O–H groups in total. The molecule has 1 aliphatic heterocycles. The van der Waals surface area contributed by atoms with E-state index in [2.05, 4.69) is 0 Å². The van der Waals surface area contributed by atoms with Gasteiger partial charge in [-0.1, -0.05) is 18.2 Å². The lowest BCUT2D eigenvalue weighted by Crippen LogP contribution is -2.53. The largest absolute Gasteiger partial charge is 0.480 e. The van der Waals surface area contributed by atoms with E-state index < -0.39 is 12.0 Å². The maximum absolute atomic E-state index is 13.6. The molecule has 0 spiro atoms. The maximum Gasteiger partial charge on any atom is 0.327 e. The van der Waals surface area contributed by atoms with Gasteiger partial charge in [0.15, 0.2) is 0 Å². The van der Waals surface area contributed by atoms with Crippen molar-refractivity contribution < 1.29 is 19.1 Å². The first-order valence-corrected chi connectivity index (χ1v) is 7.72. The molecule has 2 amide bonds. The number of rotatable bonds is 3. The average molecular weight is 312 g/mol. The zero-order chi connectivity index (χ0) is 15.4.